The maximum absolute atomic E-state index is 11.8. The Morgan fingerprint density at radius 2 is 2.00 bits per heavy atom. The first-order valence-corrected chi connectivity index (χ1v) is 7.30. The van der Waals surface area contributed by atoms with Crippen LogP contribution < -0.4 is 5.01 Å². The predicted molar refractivity (Wildman–Crippen MR) is 83.1 cm³/mol. The van der Waals surface area contributed by atoms with Gasteiger partial charge in [-0.25, -0.2) is 9.59 Å². The molecule has 0 aliphatic carbocycles. The molecule has 1 aromatic rings. The number of aliphatic carboxylic acids is 1. The molecule has 0 spiro atoms. The van der Waals surface area contributed by atoms with Gasteiger partial charge in [0.15, 0.2) is 6.04 Å². The van der Waals surface area contributed by atoms with E-state index in [1.165, 1.54) is 5.01 Å². The first kappa shape index (κ1) is 16.0. The topological polar surface area (TPSA) is 79.2 Å². The van der Waals surface area contributed by atoms with Crippen LogP contribution >= 0.6 is 0 Å². The fourth-order valence-corrected chi connectivity index (χ4v) is 2.29. The monoisotopic (exact) mass is 304 g/mol. The minimum Gasteiger partial charge on any atom is -0.480 e. The normalized spacial score (nSPS) is 17.5. The van der Waals surface area contributed by atoms with Gasteiger partial charge in [0.25, 0.3) is 0 Å². The second-order valence-electron chi connectivity index (χ2n) is 5.42. The Hall–Kier alpha value is -2.37. The first-order valence-electron chi connectivity index (χ1n) is 7.30. The summed E-state index contributed by atoms with van der Waals surface area (Å²) in [6.45, 7) is 6.10. The Kier molecular flexibility index (Phi) is 4.80. The van der Waals surface area contributed by atoms with Gasteiger partial charge < -0.3 is 9.84 Å². The average molecular weight is 304 g/mol. The van der Waals surface area contributed by atoms with Crippen LogP contribution in [0.2, 0.25) is 0 Å². The third-order valence-corrected chi connectivity index (χ3v) is 3.53. The molecule has 0 aromatic heterocycles. The van der Waals surface area contributed by atoms with Crippen molar-refractivity contribution in [3.63, 3.8) is 0 Å². The Balaban J connectivity index is 2.28. The Morgan fingerprint density at radius 3 is 2.50 bits per heavy atom. The van der Waals surface area contributed by atoms with Crippen molar-refractivity contribution in [2.24, 2.45) is 5.10 Å². The lowest BCUT2D eigenvalue weighted by Gasteiger charge is -2.20. The summed E-state index contributed by atoms with van der Waals surface area (Å²) in [5, 5.41) is 14.9. The average Bonchev–Trinajstić information content (AvgIpc) is 2.93. The zero-order valence-corrected chi connectivity index (χ0v) is 12.9. The van der Waals surface area contributed by atoms with E-state index in [4.69, 9.17) is 4.74 Å². The number of anilines is 1. The molecule has 0 saturated heterocycles. The van der Waals surface area contributed by atoms with Crippen LogP contribution in [0.5, 0.6) is 0 Å². The van der Waals surface area contributed by atoms with Gasteiger partial charge in [-0.15, -0.1) is 0 Å². The van der Waals surface area contributed by atoms with Crippen LogP contribution in [-0.2, 0) is 14.3 Å². The molecule has 1 aliphatic rings. The molecule has 1 N–H and O–H groups in total. The molecule has 118 valence electrons. The number of carboxylic acid groups (broad SMARTS) is 1. The first-order chi connectivity index (χ1) is 10.4. The van der Waals surface area contributed by atoms with E-state index in [2.05, 4.69) is 18.9 Å². The third kappa shape index (κ3) is 3.27. The number of rotatable bonds is 5. The van der Waals surface area contributed by atoms with E-state index in [9.17, 15) is 14.7 Å². The second-order valence-corrected chi connectivity index (χ2v) is 5.42. The maximum atomic E-state index is 11.8. The molecule has 1 atom stereocenters. The molecule has 0 radical (unpaired) electrons. The van der Waals surface area contributed by atoms with Crippen molar-refractivity contribution in [1.82, 2.24) is 0 Å². The summed E-state index contributed by atoms with van der Waals surface area (Å²) in [6, 6.07) is 6.64. The molecular formula is C16H20N2O4. The van der Waals surface area contributed by atoms with E-state index in [0.29, 0.717) is 11.6 Å². The summed E-state index contributed by atoms with van der Waals surface area (Å²) < 4.78 is 4.90. The van der Waals surface area contributed by atoms with Crippen molar-refractivity contribution in [3.05, 3.63) is 29.8 Å². The van der Waals surface area contributed by atoms with Gasteiger partial charge in [0.2, 0.25) is 0 Å². The number of hydrogen-bond acceptors (Lipinski definition) is 5. The van der Waals surface area contributed by atoms with Crippen LogP contribution in [0.1, 0.15) is 38.7 Å². The number of nitrogens with zero attached hydrogens (tertiary/aromatic N) is 2. The smallest absolute Gasteiger partial charge is 0.354 e. The van der Waals surface area contributed by atoms with Gasteiger partial charge >= 0.3 is 11.9 Å². The maximum Gasteiger partial charge on any atom is 0.354 e. The molecule has 6 heteroatoms. The second kappa shape index (κ2) is 6.60. The lowest BCUT2D eigenvalue weighted by Crippen LogP contribution is -2.34. The number of benzene rings is 1. The van der Waals surface area contributed by atoms with Crippen molar-refractivity contribution in [2.45, 2.75) is 39.2 Å². The highest BCUT2D eigenvalue weighted by molar-refractivity contribution is 6.38. The van der Waals surface area contributed by atoms with Gasteiger partial charge in [0.05, 0.1) is 12.3 Å². The Labute approximate surface area is 129 Å². The molecule has 0 bridgehead atoms. The molecule has 0 fully saturated rings. The van der Waals surface area contributed by atoms with Gasteiger partial charge in [-0.2, -0.15) is 5.10 Å². The van der Waals surface area contributed by atoms with Crippen LogP contribution in [0, 0.1) is 0 Å². The van der Waals surface area contributed by atoms with E-state index in [1.807, 2.05) is 24.3 Å². The van der Waals surface area contributed by atoms with Gasteiger partial charge in [0, 0.05) is 6.42 Å². The summed E-state index contributed by atoms with van der Waals surface area (Å²) in [7, 11) is 0. The number of carbonyl (C=O) groups is 2. The molecule has 1 heterocycles. The summed E-state index contributed by atoms with van der Waals surface area (Å²) in [5.41, 5.74) is 1.95. The minimum absolute atomic E-state index is 0.0418. The van der Waals surface area contributed by atoms with E-state index in [0.717, 1.165) is 5.56 Å². The Morgan fingerprint density at radius 1 is 1.36 bits per heavy atom. The third-order valence-electron chi connectivity index (χ3n) is 3.53. The summed E-state index contributed by atoms with van der Waals surface area (Å²) in [4.78, 5) is 23.2. The van der Waals surface area contributed by atoms with E-state index >= 15 is 0 Å². The molecule has 0 unspecified atom stereocenters. The SMILES string of the molecule is CCOC(=O)C1=NN(c2ccc(C(C)C)cc2)[C@@H](C(=O)O)C1. The number of ether oxygens (including phenoxy) is 1. The summed E-state index contributed by atoms with van der Waals surface area (Å²) in [5.74, 6) is -1.19. The van der Waals surface area contributed by atoms with E-state index in [-0.39, 0.29) is 18.7 Å². The predicted octanol–water partition coefficient (Wildman–Crippen LogP) is 2.39. The van der Waals surface area contributed by atoms with Crippen LogP contribution in [0.15, 0.2) is 29.4 Å². The van der Waals surface area contributed by atoms with Crippen molar-refractivity contribution in [1.29, 1.82) is 0 Å². The van der Waals surface area contributed by atoms with Crippen LogP contribution in [0.25, 0.3) is 0 Å². The van der Waals surface area contributed by atoms with E-state index < -0.39 is 18.0 Å². The number of esters is 1. The highest BCUT2D eigenvalue weighted by Crippen LogP contribution is 2.27. The highest BCUT2D eigenvalue weighted by Gasteiger charge is 2.36. The molecule has 1 aromatic carbocycles. The fraction of sp³-hybridized carbons (Fsp3) is 0.438. The quantitative estimate of drug-likeness (QED) is 0.845. The molecule has 22 heavy (non-hydrogen) atoms. The number of carbonyl (C=O) groups excluding carboxylic acids is 1. The van der Waals surface area contributed by atoms with Crippen LogP contribution in [-0.4, -0.2) is 35.4 Å². The number of hydrazone groups is 1. The van der Waals surface area contributed by atoms with Crippen molar-refractivity contribution < 1.29 is 19.4 Å². The number of hydrogen-bond donors (Lipinski definition) is 1. The fourth-order valence-electron chi connectivity index (χ4n) is 2.29. The molecule has 0 saturated carbocycles. The van der Waals surface area contributed by atoms with Crippen molar-refractivity contribution in [2.75, 3.05) is 11.6 Å². The highest BCUT2D eigenvalue weighted by atomic mass is 16.5. The zero-order valence-electron chi connectivity index (χ0n) is 12.9. The van der Waals surface area contributed by atoms with Crippen molar-refractivity contribution >= 4 is 23.3 Å². The zero-order chi connectivity index (χ0) is 16.3. The van der Waals surface area contributed by atoms with Crippen LogP contribution in [0.4, 0.5) is 5.69 Å². The molecule has 2 rings (SSSR count). The minimum atomic E-state index is -1.02. The summed E-state index contributed by atoms with van der Waals surface area (Å²) >= 11 is 0. The summed E-state index contributed by atoms with van der Waals surface area (Å²) in [6.07, 6.45) is 0.0418. The van der Waals surface area contributed by atoms with Gasteiger partial charge in [-0.3, -0.25) is 5.01 Å². The van der Waals surface area contributed by atoms with Gasteiger partial charge in [-0.1, -0.05) is 26.0 Å². The lowest BCUT2D eigenvalue weighted by molar-refractivity contribution is -0.138. The molecular weight excluding hydrogens is 284 g/mol. The standard InChI is InChI=1S/C16H20N2O4/c1-4-22-16(21)13-9-14(15(19)20)18(17-13)12-7-5-11(6-8-12)10(2)3/h5-8,10,14H,4,9H2,1-3H3,(H,19,20)/t14-/m1/s1. The Bertz CT molecular complexity index is 593. The molecule has 0 amide bonds. The lowest BCUT2D eigenvalue weighted by atomic mass is 10.0. The van der Waals surface area contributed by atoms with Crippen LogP contribution in [0.3, 0.4) is 0 Å². The van der Waals surface area contributed by atoms with E-state index in [1.54, 1.807) is 6.92 Å². The number of carboxylic acids is 1. The molecule has 6 nitrogen and oxygen atoms in total. The van der Waals surface area contributed by atoms with Crippen molar-refractivity contribution in [3.8, 4) is 0 Å². The van der Waals surface area contributed by atoms with Gasteiger partial charge in [-0.05, 0) is 30.5 Å². The largest absolute Gasteiger partial charge is 0.480 e. The molecule has 1 aliphatic heterocycles. The van der Waals surface area contributed by atoms with Gasteiger partial charge in [0.1, 0.15) is 5.71 Å².